The molecular formula is C11H18N2O3. The number of nitrogens with zero attached hydrogens (tertiary/aromatic N) is 2. The Morgan fingerprint density at radius 3 is 3.00 bits per heavy atom. The van der Waals surface area contributed by atoms with Gasteiger partial charge in [-0.25, -0.2) is 0 Å². The molecule has 0 aromatic carbocycles. The maximum atomic E-state index is 9.71. The Morgan fingerprint density at radius 1 is 1.56 bits per heavy atom. The van der Waals surface area contributed by atoms with Gasteiger partial charge in [-0.2, -0.15) is 4.98 Å². The van der Waals surface area contributed by atoms with E-state index < -0.39 is 6.10 Å². The molecule has 1 aliphatic heterocycles. The third-order valence-electron chi connectivity index (χ3n) is 2.87. The summed E-state index contributed by atoms with van der Waals surface area (Å²) in [4.78, 5) is 4.24. The first-order valence-corrected chi connectivity index (χ1v) is 5.83. The third kappa shape index (κ3) is 2.41. The largest absolute Gasteiger partial charge is 0.385 e. The average Bonchev–Trinajstić information content (AvgIpc) is 2.85. The van der Waals surface area contributed by atoms with Crippen LogP contribution in [0.4, 0.5) is 0 Å². The van der Waals surface area contributed by atoms with E-state index in [0.717, 1.165) is 12.8 Å². The summed E-state index contributed by atoms with van der Waals surface area (Å²) >= 11 is 0. The van der Waals surface area contributed by atoms with Crippen LogP contribution in [0.2, 0.25) is 0 Å². The molecule has 1 saturated heterocycles. The molecule has 0 bridgehead atoms. The van der Waals surface area contributed by atoms with Gasteiger partial charge in [0.25, 0.3) is 0 Å². The second kappa shape index (κ2) is 4.93. The quantitative estimate of drug-likeness (QED) is 0.847. The van der Waals surface area contributed by atoms with Gasteiger partial charge in [0.2, 0.25) is 5.89 Å². The zero-order chi connectivity index (χ0) is 11.5. The Labute approximate surface area is 94.8 Å². The van der Waals surface area contributed by atoms with Gasteiger partial charge in [0, 0.05) is 0 Å². The van der Waals surface area contributed by atoms with E-state index in [1.807, 2.05) is 13.8 Å². The highest BCUT2D eigenvalue weighted by Crippen LogP contribution is 2.28. The fourth-order valence-corrected chi connectivity index (χ4v) is 1.94. The van der Waals surface area contributed by atoms with Gasteiger partial charge in [-0.05, 0) is 19.8 Å². The molecule has 5 heteroatoms. The topological polar surface area (TPSA) is 68.4 Å². The van der Waals surface area contributed by atoms with Gasteiger partial charge in [-0.15, -0.1) is 0 Å². The highest BCUT2D eigenvalue weighted by molar-refractivity contribution is 4.99. The monoisotopic (exact) mass is 226 g/mol. The molecule has 0 amide bonds. The lowest BCUT2D eigenvalue weighted by Crippen LogP contribution is -2.01. The molecule has 0 spiro atoms. The average molecular weight is 226 g/mol. The Kier molecular flexibility index (Phi) is 3.56. The van der Waals surface area contributed by atoms with Gasteiger partial charge in [-0.3, -0.25) is 0 Å². The Balaban J connectivity index is 2.01. The van der Waals surface area contributed by atoms with E-state index in [2.05, 4.69) is 10.1 Å². The van der Waals surface area contributed by atoms with Crippen molar-refractivity contribution in [1.82, 2.24) is 10.1 Å². The van der Waals surface area contributed by atoms with Crippen LogP contribution < -0.4 is 0 Å². The van der Waals surface area contributed by atoms with Crippen LogP contribution >= 0.6 is 0 Å². The SMILES string of the molecule is CCCC(O)c1noc(C2COC(C)C2)n1. The molecule has 1 aromatic heterocycles. The summed E-state index contributed by atoms with van der Waals surface area (Å²) in [6.07, 6.45) is 2.11. The molecule has 1 N–H and O–H groups in total. The third-order valence-corrected chi connectivity index (χ3v) is 2.87. The van der Waals surface area contributed by atoms with E-state index in [0.29, 0.717) is 24.7 Å². The second-order valence-corrected chi connectivity index (χ2v) is 4.37. The fourth-order valence-electron chi connectivity index (χ4n) is 1.94. The van der Waals surface area contributed by atoms with Gasteiger partial charge in [0.1, 0.15) is 6.10 Å². The van der Waals surface area contributed by atoms with Gasteiger partial charge < -0.3 is 14.4 Å². The number of aliphatic hydroxyl groups is 1. The van der Waals surface area contributed by atoms with Crippen molar-refractivity contribution in [3.63, 3.8) is 0 Å². The van der Waals surface area contributed by atoms with Gasteiger partial charge in [0.15, 0.2) is 5.82 Å². The number of hydrogen-bond acceptors (Lipinski definition) is 5. The number of ether oxygens (including phenoxy) is 1. The van der Waals surface area contributed by atoms with E-state index >= 15 is 0 Å². The van der Waals surface area contributed by atoms with Crippen LogP contribution in [0.25, 0.3) is 0 Å². The van der Waals surface area contributed by atoms with Crippen molar-refractivity contribution in [2.45, 2.75) is 51.2 Å². The standard InChI is InChI=1S/C11H18N2O3/c1-3-4-9(14)10-12-11(16-13-10)8-5-7(2)15-6-8/h7-9,14H,3-6H2,1-2H3. The molecule has 2 heterocycles. The van der Waals surface area contributed by atoms with Crippen LogP contribution in [0.15, 0.2) is 4.52 Å². The molecule has 3 unspecified atom stereocenters. The lowest BCUT2D eigenvalue weighted by Gasteiger charge is -2.02. The molecule has 3 atom stereocenters. The maximum absolute atomic E-state index is 9.71. The molecule has 1 fully saturated rings. The minimum absolute atomic E-state index is 0.185. The fraction of sp³-hybridized carbons (Fsp3) is 0.818. The van der Waals surface area contributed by atoms with Crippen molar-refractivity contribution in [2.75, 3.05) is 6.61 Å². The summed E-state index contributed by atoms with van der Waals surface area (Å²) in [5, 5.41) is 13.5. The Bertz CT molecular complexity index is 340. The molecule has 2 rings (SSSR count). The summed E-state index contributed by atoms with van der Waals surface area (Å²) in [5.74, 6) is 1.18. The smallest absolute Gasteiger partial charge is 0.232 e. The van der Waals surface area contributed by atoms with Crippen molar-refractivity contribution in [3.8, 4) is 0 Å². The molecular weight excluding hydrogens is 208 g/mol. The van der Waals surface area contributed by atoms with Crippen LogP contribution in [0, 0.1) is 0 Å². The number of hydrogen-bond donors (Lipinski definition) is 1. The number of aliphatic hydroxyl groups excluding tert-OH is 1. The molecule has 16 heavy (non-hydrogen) atoms. The molecule has 90 valence electrons. The van der Waals surface area contributed by atoms with Crippen LogP contribution in [0.1, 0.15) is 56.8 Å². The number of aromatic nitrogens is 2. The lowest BCUT2D eigenvalue weighted by atomic mass is 10.1. The summed E-state index contributed by atoms with van der Waals surface area (Å²) in [7, 11) is 0. The minimum atomic E-state index is -0.609. The highest BCUT2D eigenvalue weighted by Gasteiger charge is 2.29. The Hall–Kier alpha value is -0.940. The van der Waals surface area contributed by atoms with E-state index in [1.165, 1.54) is 0 Å². The van der Waals surface area contributed by atoms with E-state index in [1.54, 1.807) is 0 Å². The summed E-state index contributed by atoms with van der Waals surface area (Å²) in [6.45, 7) is 4.67. The van der Waals surface area contributed by atoms with Crippen molar-refractivity contribution < 1.29 is 14.4 Å². The van der Waals surface area contributed by atoms with Crippen LogP contribution in [-0.2, 0) is 4.74 Å². The first kappa shape index (κ1) is 11.5. The molecule has 1 aromatic rings. The lowest BCUT2D eigenvalue weighted by molar-refractivity contribution is 0.122. The molecule has 0 radical (unpaired) electrons. The molecule has 0 saturated carbocycles. The Morgan fingerprint density at radius 2 is 2.38 bits per heavy atom. The van der Waals surface area contributed by atoms with Crippen molar-refractivity contribution >= 4 is 0 Å². The summed E-state index contributed by atoms with van der Waals surface area (Å²) in [6, 6.07) is 0. The molecule has 5 nitrogen and oxygen atoms in total. The van der Waals surface area contributed by atoms with Crippen LogP contribution in [0.3, 0.4) is 0 Å². The normalized spacial score (nSPS) is 27.2. The highest BCUT2D eigenvalue weighted by atomic mass is 16.5. The van der Waals surface area contributed by atoms with E-state index in [4.69, 9.17) is 9.26 Å². The molecule has 1 aliphatic rings. The summed E-state index contributed by atoms with van der Waals surface area (Å²) in [5.41, 5.74) is 0. The minimum Gasteiger partial charge on any atom is -0.385 e. The summed E-state index contributed by atoms with van der Waals surface area (Å²) < 4.78 is 10.6. The maximum Gasteiger partial charge on any atom is 0.232 e. The van der Waals surface area contributed by atoms with E-state index in [-0.39, 0.29) is 12.0 Å². The number of rotatable bonds is 4. The van der Waals surface area contributed by atoms with Gasteiger partial charge in [-0.1, -0.05) is 18.5 Å². The van der Waals surface area contributed by atoms with Gasteiger partial charge >= 0.3 is 0 Å². The van der Waals surface area contributed by atoms with Crippen molar-refractivity contribution in [2.24, 2.45) is 0 Å². The first-order chi connectivity index (χ1) is 7.70. The van der Waals surface area contributed by atoms with E-state index in [9.17, 15) is 5.11 Å². The zero-order valence-electron chi connectivity index (χ0n) is 9.72. The van der Waals surface area contributed by atoms with Crippen molar-refractivity contribution in [1.29, 1.82) is 0 Å². The van der Waals surface area contributed by atoms with Gasteiger partial charge in [0.05, 0.1) is 18.6 Å². The second-order valence-electron chi connectivity index (χ2n) is 4.37. The zero-order valence-corrected chi connectivity index (χ0v) is 9.72. The van der Waals surface area contributed by atoms with Crippen LogP contribution in [0.5, 0.6) is 0 Å². The van der Waals surface area contributed by atoms with Crippen molar-refractivity contribution in [3.05, 3.63) is 11.7 Å². The van der Waals surface area contributed by atoms with Crippen LogP contribution in [-0.4, -0.2) is 28.0 Å². The first-order valence-electron chi connectivity index (χ1n) is 5.83. The predicted molar refractivity (Wildman–Crippen MR) is 56.9 cm³/mol. The predicted octanol–water partition coefficient (Wildman–Crippen LogP) is 1.80. The molecule has 0 aliphatic carbocycles.